The van der Waals surface area contributed by atoms with Gasteiger partial charge in [-0.15, -0.1) is 0 Å². The molecule has 4 nitrogen and oxygen atoms in total. The number of hydrogen-bond acceptors (Lipinski definition) is 3. The van der Waals surface area contributed by atoms with E-state index >= 15 is 0 Å². The molecule has 0 unspecified atom stereocenters. The number of carbonyl (C=O) groups is 1. The van der Waals surface area contributed by atoms with Crippen LogP contribution >= 0.6 is 23.2 Å². The maximum atomic E-state index is 12.2. The van der Waals surface area contributed by atoms with Gasteiger partial charge in [-0.05, 0) is 30.3 Å². The molecule has 110 valence electrons. The van der Waals surface area contributed by atoms with E-state index in [4.69, 9.17) is 32.7 Å². The Hall–Kier alpha value is -1.91. The third kappa shape index (κ3) is 3.60. The fourth-order valence-corrected chi connectivity index (χ4v) is 2.30. The molecule has 0 fully saturated rings. The van der Waals surface area contributed by atoms with Crippen LogP contribution in [0.5, 0.6) is 11.5 Å². The predicted molar refractivity (Wildman–Crippen MR) is 84.0 cm³/mol. The molecule has 0 aliphatic carbocycles. The standard InChI is InChI=1S/C15H13Cl2NO3/c1-20-13-7-9(6-12(17)14(13)21-2)15(19)18-11-5-3-4-10(16)8-11/h3-8H,1-2H3,(H,18,19). The molecule has 0 bridgehead atoms. The lowest BCUT2D eigenvalue weighted by Crippen LogP contribution is -2.12. The summed E-state index contributed by atoms with van der Waals surface area (Å²) in [5, 5.41) is 3.58. The van der Waals surface area contributed by atoms with Gasteiger partial charge in [0, 0.05) is 16.3 Å². The topological polar surface area (TPSA) is 47.6 Å². The van der Waals surface area contributed by atoms with Gasteiger partial charge in [-0.25, -0.2) is 0 Å². The molecule has 0 aromatic heterocycles. The van der Waals surface area contributed by atoms with Crippen LogP contribution in [0.15, 0.2) is 36.4 Å². The summed E-state index contributed by atoms with van der Waals surface area (Å²) in [7, 11) is 2.96. The third-order valence-electron chi connectivity index (χ3n) is 2.78. The monoisotopic (exact) mass is 325 g/mol. The summed E-state index contributed by atoms with van der Waals surface area (Å²) < 4.78 is 10.3. The van der Waals surface area contributed by atoms with Crippen LogP contribution in [0, 0.1) is 0 Å². The third-order valence-corrected chi connectivity index (χ3v) is 3.29. The van der Waals surface area contributed by atoms with E-state index in [-0.39, 0.29) is 5.91 Å². The average molecular weight is 326 g/mol. The number of anilines is 1. The van der Waals surface area contributed by atoms with Crippen molar-refractivity contribution in [3.05, 3.63) is 52.0 Å². The lowest BCUT2D eigenvalue weighted by Gasteiger charge is -2.12. The summed E-state index contributed by atoms with van der Waals surface area (Å²) in [4.78, 5) is 12.2. The maximum Gasteiger partial charge on any atom is 0.255 e. The zero-order chi connectivity index (χ0) is 15.4. The van der Waals surface area contributed by atoms with Crippen molar-refractivity contribution >= 4 is 34.8 Å². The highest BCUT2D eigenvalue weighted by Gasteiger charge is 2.15. The second-order valence-corrected chi connectivity index (χ2v) is 5.00. The molecule has 2 rings (SSSR count). The number of ether oxygens (including phenoxy) is 2. The minimum absolute atomic E-state index is 0.299. The van der Waals surface area contributed by atoms with Crippen LogP contribution in [0.2, 0.25) is 10.0 Å². The fraction of sp³-hybridized carbons (Fsp3) is 0.133. The predicted octanol–water partition coefficient (Wildman–Crippen LogP) is 4.26. The minimum Gasteiger partial charge on any atom is -0.493 e. The molecule has 0 atom stereocenters. The Bertz CT molecular complexity index is 674. The van der Waals surface area contributed by atoms with Gasteiger partial charge >= 0.3 is 0 Å². The lowest BCUT2D eigenvalue weighted by molar-refractivity contribution is 0.102. The summed E-state index contributed by atoms with van der Waals surface area (Å²) in [6.45, 7) is 0. The van der Waals surface area contributed by atoms with E-state index in [0.29, 0.717) is 32.8 Å². The van der Waals surface area contributed by atoms with E-state index in [9.17, 15) is 4.79 Å². The molecule has 1 amide bonds. The first-order valence-electron chi connectivity index (χ1n) is 6.03. The van der Waals surface area contributed by atoms with Crippen LogP contribution in [0.25, 0.3) is 0 Å². The zero-order valence-corrected chi connectivity index (χ0v) is 13.0. The summed E-state index contributed by atoms with van der Waals surface area (Å²) in [6.07, 6.45) is 0. The Morgan fingerprint density at radius 3 is 2.48 bits per heavy atom. The van der Waals surface area contributed by atoms with Gasteiger partial charge in [-0.1, -0.05) is 29.3 Å². The van der Waals surface area contributed by atoms with Crippen molar-refractivity contribution in [1.82, 2.24) is 0 Å². The number of carbonyl (C=O) groups excluding carboxylic acids is 1. The van der Waals surface area contributed by atoms with Crippen LogP contribution in [-0.2, 0) is 0 Å². The normalized spacial score (nSPS) is 10.1. The van der Waals surface area contributed by atoms with E-state index in [1.54, 1.807) is 30.3 Å². The Balaban J connectivity index is 2.29. The van der Waals surface area contributed by atoms with Gasteiger partial charge in [-0.3, -0.25) is 4.79 Å². The molecule has 0 spiro atoms. The Morgan fingerprint density at radius 1 is 1.10 bits per heavy atom. The number of nitrogens with one attached hydrogen (secondary N) is 1. The van der Waals surface area contributed by atoms with E-state index in [2.05, 4.69) is 5.32 Å². The average Bonchev–Trinajstić information content (AvgIpc) is 2.46. The Labute approximate surface area is 132 Å². The molecule has 0 aliphatic rings. The van der Waals surface area contributed by atoms with Gasteiger partial charge in [0.15, 0.2) is 11.5 Å². The highest BCUT2D eigenvalue weighted by Crippen LogP contribution is 2.36. The Morgan fingerprint density at radius 2 is 1.86 bits per heavy atom. The quantitative estimate of drug-likeness (QED) is 0.913. The van der Waals surface area contributed by atoms with E-state index in [1.165, 1.54) is 20.3 Å². The van der Waals surface area contributed by atoms with Crippen molar-refractivity contribution in [3.8, 4) is 11.5 Å². The van der Waals surface area contributed by atoms with Crippen molar-refractivity contribution < 1.29 is 14.3 Å². The highest BCUT2D eigenvalue weighted by atomic mass is 35.5. The van der Waals surface area contributed by atoms with Crippen molar-refractivity contribution in [2.45, 2.75) is 0 Å². The molecule has 0 radical (unpaired) electrons. The molecular weight excluding hydrogens is 313 g/mol. The van der Waals surface area contributed by atoms with Gasteiger partial charge in [0.1, 0.15) is 0 Å². The van der Waals surface area contributed by atoms with Crippen molar-refractivity contribution in [2.75, 3.05) is 19.5 Å². The second-order valence-electron chi connectivity index (χ2n) is 4.16. The molecule has 2 aromatic carbocycles. The maximum absolute atomic E-state index is 12.2. The van der Waals surface area contributed by atoms with Crippen molar-refractivity contribution in [1.29, 1.82) is 0 Å². The summed E-state index contributed by atoms with van der Waals surface area (Å²) in [5.41, 5.74) is 0.955. The van der Waals surface area contributed by atoms with Crippen molar-refractivity contribution in [2.24, 2.45) is 0 Å². The van der Waals surface area contributed by atoms with E-state index in [0.717, 1.165) is 0 Å². The number of benzene rings is 2. The van der Waals surface area contributed by atoms with Gasteiger partial charge in [0.05, 0.1) is 19.2 Å². The number of hydrogen-bond donors (Lipinski definition) is 1. The molecule has 0 aliphatic heterocycles. The van der Waals surface area contributed by atoms with Gasteiger partial charge in [-0.2, -0.15) is 0 Å². The number of amides is 1. The van der Waals surface area contributed by atoms with E-state index < -0.39 is 0 Å². The molecule has 6 heteroatoms. The smallest absolute Gasteiger partial charge is 0.255 e. The van der Waals surface area contributed by atoms with Gasteiger partial charge < -0.3 is 14.8 Å². The van der Waals surface area contributed by atoms with Crippen LogP contribution in [0.1, 0.15) is 10.4 Å². The Kier molecular flexibility index (Phi) is 4.94. The molecule has 0 saturated carbocycles. The van der Waals surface area contributed by atoms with Gasteiger partial charge in [0.2, 0.25) is 0 Å². The molecule has 21 heavy (non-hydrogen) atoms. The van der Waals surface area contributed by atoms with Crippen LogP contribution in [0.4, 0.5) is 5.69 Å². The highest BCUT2D eigenvalue weighted by molar-refractivity contribution is 6.33. The van der Waals surface area contributed by atoms with Crippen LogP contribution in [-0.4, -0.2) is 20.1 Å². The summed E-state index contributed by atoms with van der Waals surface area (Å²) in [5.74, 6) is 0.458. The molecule has 2 aromatic rings. The first kappa shape index (κ1) is 15.5. The number of methoxy groups -OCH3 is 2. The van der Waals surface area contributed by atoms with E-state index in [1.807, 2.05) is 0 Å². The SMILES string of the molecule is COc1cc(C(=O)Nc2cccc(Cl)c2)cc(Cl)c1OC. The molecule has 0 saturated heterocycles. The molecule has 0 heterocycles. The first-order valence-corrected chi connectivity index (χ1v) is 6.79. The molecule has 1 N–H and O–H groups in total. The lowest BCUT2D eigenvalue weighted by atomic mass is 10.1. The second kappa shape index (κ2) is 6.70. The molecular formula is C15H13Cl2NO3. The van der Waals surface area contributed by atoms with Crippen LogP contribution < -0.4 is 14.8 Å². The van der Waals surface area contributed by atoms with Crippen molar-refractivity contribution in [3.63, 3.8) is 0 Å². The fourth-order valence-electron chi connectivity index (χ4n) is 1.82. The first-order chi connectivity index (χ1) is 10.0. The number of halogens is 2. The zero-order valence-electron chi connectivity index (χ0n) is 11.4. The number of rotatable bonds is 4. The summed E-state index contributed by atoms with van der Waals surface area (Å²) >= 11 is 12.0. The minimum atomic E-state index is -0.319. The van der Waals surface area contributed by atoms with Gasteiger partial charge in [0.25, 0.3) is 5.91 Å². The summed E-state index contributed by atoms with van der Waals surface area (Å²) in [6, 6.07) is 9.95. The largest absolute Gasteiger partial charge is 0.493 e. The van der Waals surface area contributed by atoms with Crippen LogP contribution in [0.3, 0.4) is 0 Å².